The molecule has 4 rings (SSSR count). The lowest BCUT2D eigenvalue weighted by atomic mass is 10.0. The monoisotopic (exact) mass is 402 g/mol. The van der Waals surface area contributed by atoms with Crippen LogP contribution in [0.5, 0.6) is 0 Å². The van der Waals surface area contributed by atoms with Crippen molar-refractivity contribution < 1.29 is 4.79 Å². The van der Waals surface area contributed by atoms with E-state index < -0.39 is 0 Å². The number of carbonyl (C=O) groups excluding carboxylic acids is 1. The zero-order valence-corrected chi connectivity index (χ0v) is 17.7. The number of hydrogen-bond donors (Lipinski definition) is 0. The minimum atomic E-state index is 0.0108. The van der Waals surface area contributed by atoms with E-state index in [2.05, 4.69) is 21.8 Å². The van der Waals surface area contributed by atoms with E-state index in [1.54, 1.807) is 12.4 Å². The molecule has 3 aromatic rings. The third-order valence-corrected chi connectivity index (χ3v) is 6.01. The first-order valence-electron chi connectivity index (χ1n) is 11.0. The van der Waals surface area contributed by atoms with Crippen LogP contribution in [0.4, 0.5) is 0 Å². The summed E-state index contributed by atoms with van der Waals surface area (Å²) in [6.45, 7) is 6.06. The predicted octanol–water partition coefficient (Wildman–Crippen LogP) is 4.54. The maximum absolute atomic E-state index is 13.6. The van der Waals surface area contributed by atoms with Gasteiger partial charge >= 0.3 is 0 Å². The van der Waals surface area contributed by atoms with Crippen molar-refractivity contribution in [3.63, 3.8) is 0 Å². The van der Waals surface area contributed by atoms with Crippen LogP contribution in [0.2, 0.25) is 0 Å². The zero-order chi connectivity index (χ0) is 20.8. The molecule has 0 aliphatic carbocycles. The lowest BCUT2D eigenvalue weighted by Gasteiger charge is -2.38. The number of nitrogens with zero attached hydrogens (tertiary/aromatic N) is 4. The summed E-state index contributed by atoms with van der Waals surface area (Å²) in [6.07, 6.45) is 9.89. The molecule has 5 nitrogen and oxygen atoms in total. The van der Waals surface area contributed by atoms with Gasteiger partial charge in [0.1, 0.15) is 5.69 Å². The van der Waals surface area contributed by atoms with Gasteiger partial charge in [-0.3, -0.25) is 14.8 Å². The Balaban J connectivity index is 1.55. The molecule has 30 heavy (non-hydrogen) atoms. The summed E-state index contributed by atoms with van der Waals surface area (Å²) in [5.41, 5.74) is 1.58. The standard InChI is InChI=1S/C25H30N4O/c1-2-3-13-28-14-10-23(11-15-28)29(19-20-7-6-12-26-17-20)25(30)24-16-21-8-4-5-9-22(21)18-27-24/h4-9,12,16-18,23H,2-3,10-11,13-15,19H2,1H3. The SMILES string of the molecule is CCCCN1CCC(N(Cc2cccnc2)C(=O)c2cc3ccccc3cn2)CC1. The number of carbonyl (C=O) groups is 1. The summed E-state index contributed by atoms with van der Waals surface area (Å²) in [7, 11) is 0. The van der Waals surface area contributed by atoms with Gasteiger partial charge in [0.05, 0.1) is 0 Å². The fourth-order valence-corrected chi connectivity index (χ4v) is 4.24. The minimum Gasteiger partial charge on any atom is -0.330 e. The molecule has 0 atom stereocenters. The van der Waals surface area contributed by atoms with Crippen molar-refractivity contribution in [3.05, 3.63) is 72.3 Å². The van der Waals surface area contributed by atoms with Crippen LogP contribution in [-0.4, -0.2) is 51.4 Å². The molecule has 0 spiro atoms. The third-order valence-electron chi connectivity index (χ3n) is 6.01. The number of amides is 1. The predicted molar refractivity (Wildman–Crippen MR) is 120 cm³/mol. The van der Waals surface area contributed by atoms with Gasteiger partial charge in [0.15, 0.2) is 0 Å². The summed E-state index contributed by atoms with van der Waals surface area (Å²) in [5, 5.41) is 2.10. The molecule has 0 bridgehead atoms. The minimum absolute atomic E-state index is 0.0108. The van der Waals surface area contributed by atoms with E-state index in [1.165, 1.54) is 12.8 Å². The lowest BCUT2D eigenvalue weighted by Crippen LogP contribution is -2.47. The number of hydrogen-bond acceptors (Lipinski definition) is 4. The van der Waals surface area contributed by atoms with Crippen LogP contribution in [0.3, 0.4) is 0 Å². The quantitative estimate of drug-likeness (QED) is 0.582. The maximum atomic E-state index is 13.6. The largest absolute Gasteiger partial charge is 0.330 e. The summed E-state index contributed by atoms with van der Waals surface area (Å²) >= 11 is 0. The molecule has 0 unspecified atom stereocenters. The molecule has 1 aliphatic rings. The Morgan fingerprint density at radius 2 is 1.90 bits per heavy atom. The topological polar surface area (TPSA) is 49.3 Å². The fourth-order valence-electron chi connectivity index (χ4n) is 4.24. The van der Waals surface area contributed by atoms with Gasteiger partial charge in [-0.2, -0.15) is 0 Å². The third kappa shape index (κ3) is 4.85. The van der Waals surface area contributed by atoms with Crippen molar-refractivity contribution in [2.24, 2.45) is 0 Å². The highest BCUT2D eigenvalue weighted by Gasteiger charge is 2.29. The first kappa shape index (κ1) is 20.5. The van der Waals surface area contributed by atoms with Crippen molar-refractivity contribution in [3.8, 4) is 0 Å². The number of benzene rings is 1. The van der Waals surface area contributed by atoms with Crippen molar-refractivity contribution in [1.29, 1.82) is 0 Å². The molecule has 5 heteroatoms. The van der Waals surface area contributed by atoms with Gasteiger partial charge < -0.3 is 9.80 Å². The first-order valence-corrected chi connectivity index (χ1v) is 11.0. The van der Waals surface area contributed by atoms with Crippen molar-refractivity contribution in [1.82, 2.24) is 19.8 Å². The average molecular weight is 403 g/mol. The van der Waals surface area contributed by atoms with Crippen molar-refractivity contribution >= 4 is 16.7 Å². The Labute approximate surface area is 178 Å². The van der Waals surface area contributed by atoms with Crippen LogP contribution in [0.15, 0.2) is 61.1 Å². The molecule has 0 radical (unpaired) electrons. The molecule has 3 heterocycles. The van der Waals surface area contributed by atoms with Crippen LogP contribution in [0.25, 0.3) is 10.8 Å². The number of unbranched alkanes of at least 4 members (excludes halogenated alkanes) is 1. The number of aromatic nitrogens is 2. The zero-order valence-electron chi connectivity index (χ0n) is 17.7. The highest BCUT2D eigenvalue weighted by molar-refractivity contribution is 5.96. The molecular weight excluding hydrogens is 372 g/mol. The highest BCUT2D eigenvalue weighted by atomic mass is 16.2. The van der Waals surface area contributed by atoms with E-state index in [0.717, 1.165) is 48.8 Å². The van der Waals surface area contributed by atoms with Gasteiger partial charge in [-0.05, 0) is 48.9 Å². The molecule has 0 saturated carbocycles. The van der Waals surface area contributed by atoms with Gasteiger partial charge in [-0.25, -0.2) is 0 Å². The smallest absolute Gasteiger partial charge is 0.273 e. The second kappa shape index (κ2) is 9.81. The fraction of sp³-hybridized carbons (Fsp3) is 0.400. The van der Waals surface area contributed by atoms with E-state index in [0.29, 0.717) is 12.2 Å². The van der Waals surface area contributed by atoms with E-state index >= 15 is 0 Å². The van der Waals surface area contributed by atoms with Crippen molar-refractivity contribution in [2.75, 3.05) is 19.6 Å². The van der Waals surface area contributed by atoms with E-state index in [9.17, 15) is 4.79 Å². The second-order valence-electron chi connectivity index (χ2n) is 8.14. The summed E-state index contributed by atoms with van der Waals surface area (Å²) < 4.78 is 0. The number of piperidine rings is 1. The average Bonchev–Trinajstić information content (AvgIpc) is 2.81. The number of rotatable bonds is 7. The Bertz CT molecular complexity index is 967. The Hall–Kier alpha value is -2.79. The van der Waals surface area contributed by atoms with Crippen molar-refractivity contribution in [2.45, 2.75) is 45.2 Å². The van der Waals surface area contributed by atoms with E-state index in [-0.39, 0.29) is 11.9 Å². The molecule has 2 aromatic heterocycles. The van der Waals surface area contributed by atoms with E-state index in [1.807, 2.05) is 53.6 Å². The Morgan fingerprint density at radius 3 is 2.63 bits per heavy atom. The van der Waals surface area contributed by atoms with Crippen LogP contribution in [0.1, 0.15) is 48.7 Å². The highest BCUT2D eigenvalue weighted by Crippen LogP contribution is 2.22. The molecule has 1 amide bonds. The molecule has 156 valence electrons. The van der Waals surface area contributed by atoms with Crippen LogP contribution in [0, 0.1) is 0 Å². The molecular formula is C25H30N4O. The number of fused-ring (bicyclic) bond motifs is 1. The lowest BCUT2D eigenvalue weighted by molar-refractivity contribution is 0.0543. The van der Waals surface area contributed by atoms with Gasteiger partial charge in [0.2, 0.25) is 0 Å². The molecule has 1 saturated heterocycles. The normalized spacial score (nSPS) is 15.4. The van der Waals surface area contributed by atoms with E-state index in [4.69, 9.17) is 0 Å². The molecule has 1 fully saturated rings. The van der Waals surface area contributed by atoms with Gasteiger partial charge in [-0.1, -0.05) is 43.7 Å². The van der Waals surface area contributed by atoms with Gasteiger partial charge in [0, 0.05) is 49.7 Å². The molecule has 1 aliphatic heterocycles. The maximum Gasteiger partial charge on any atom is 0.273 e. The molecule has 0 N–H and O–H groups in total. The Kier molecular flexibility index (Phi) is 6.70. The van der Waals surface area contributed by atoms with Gasteiger partial charge in [0.25, 0.3) is 5.91 Å². The molecule has 1 aromatic carbocycles. The van der Waals surface area contributed by atoms with Crippen LogP contribution < -0.4 is 0 Å². The summed E-state index contributed by atoms with van der Waals surface area (Å²) in [5.74, 6) is 0.0108. The number of likely N-dealkylation sites (tertiary alicyclic amines) is 1. The first-order chi connectivity index (χ1) is 14.7. The second-order valence-corrected chi connectivity index (χ2v) is 8.14. The van der Waals surface area contributed by atoms with Crippen LogP contribution >= 0.6 is 0 Å². The number of pyridine rings is 2. The van der Waals surface area contributed by atoms with Crippen LogP contribution in [-0.2, 0) is 6.54 Å². The summed E-state index contributed by atoms with van der Waals surface area (Å²) in [6, 6.07) is 14.2. The van der Waals surface area contributed by atoms with Gasteiger partial charge in [-0.15, -0.1) is 0 Å². The summed E-state index contributed by atoms with van der Waals surface area (Å²) in [4.78, 5) is 26.9. The Morgan fingerprint density at radius 1 is 1.10 bits per heavy atom.